The number of oxime groups is 1. The van der Waals surface area contributed by atoms with Gasteiger partial charge in [-0.15, -0.1) is 25.0 Å². The van der Waals surface area contributed by atoms with Crippen LogP contribution in [0.15, 0.2) is 41.0 Å². The van der Waals surface area contributed by atoms with Crippen molar-refractivity contribution in [3.8, 4) is 16.9 Å². The summed E-state index contributed by atoms with van der Waals surface area (Å²) in [5, 5.41) is 15.8. The van der Waals surface area contributed by atoms with Crippen LogP contribution in [0.25, 0.3) is 11.1 Å². The molecule has 3 aromatic rings. The number of anilines is 2. The van der Waals surface area contributed by atoms with Gasteiger partial charge in [0.15, 0.2) is 29.0 Å². The molecule has 1 unspecified atom stereocenters. The first-order valence-corrected chi connectivity index (χ1v) is 17.0. The number of nitrogen functional groups attached to an aromatic ring is 2. The predicted molar refractivity (Wildman–Crippen MR) is 170 cm³/mol. The first-order valence-electron chi connectivity index (χ1n) is 14.3. The number of β-lactam (4-membered cyclic amide) rings is 1. The molecule has 2 atom stereocenters. The van der Waals surface area contributed by atoms with Crippen LogP contribution in [0.4, 0.5) is 10.9 Å². The van der Waals surface area contributed by atoms with Crippen molar-refractivity contribution in [3.63, 3.8) is 0 Å². The number of carbonyl (C=O) groups excluding carboxylic acids is 2. The van der Waals surface area contributed by atoms with E-state index in [0.717, 1.165) is 35.1 Å². The van der Waals surface area contributed by atoms with Gasteiger partial charge in [0.1, 0.15) is 18.1 Å². The van der Waals surface area contributed by atoms with Gasteiger partial charge in [-0.1, -0.05) is 17.3 Å². The van der Waals surface area contributed by atoms with Crippen molar-refractivity contribution in [2.24, 2.45) is 23.9 Å². The highest BCUT2D eigenvalue weighted by Gasteiger charge is 2.57. The lowest BCUT2D eigenvalue weighted by Crippen LogP contribution is -2.68. The Kier molecular flexibility index (Phi) is 10.5. The number of rotatable bonds is 16. The van der Waals surface area contributed by atoms with E-state index in [9.17, 15) is 27.9 Å². The highest BCUT2D eigenvalue weighted by atomic mass is 32.2. The summed E-state index contributed by atoms with van der Waals surface area (Å²) in [5.41, 5.74) is 17.8. The molecular formula is C28H37N8O9S2+. The summed E-state index contributed by atoms with van der Waals surface area (Å²) >= 11 is 1.01. The summed E-state index contributed by atoms with van der Waals surface area (Å²) in [6.07, 6.45) is 1.44. The maximum Gasteiger partial charge on any atom is 0.351 e. The quantitative estimate of drug-likeness (QED) is 0.0682. The zero-order valence-electron chi connectivity index (χ0n) is 26.2. The van der Waals surface area contributed by atoms with Crippen molar-refractivity contribution in [2.45, 2.75) is 44.9 Å². The highest BCUT2D eigenvalue weighted by Crippen LogP contribution is 2.40. The summed E-state index contributed by atoms with van der Waals surface area (Å²) < 4.78 is 37.3. The molecule has 1 aliphatic rings. The molecule has 0 saturated carbocycles. The number of nitrogens with zero attached hydrogens (tertiary/aromatic N) is 5. The van der Waals surface area contributed by atoms with Crippen LogP contribution in [0.5, 0.6) is 5.75 Å². The molecule has 0 radical (unpaired) electrons. The number of hydrogen-bond acceptors (Lipinski definition) is 14. The average Bonchev–Trinajstić information content (AvgIpc) is 3.56. The second-order valence-electron chi connectivity index (χ2n) is 11.3. The Balaban J connectivity index is 1.46. The van der Waals surface area contributed by atoms with Crippen LogP contribution in [0.3, 0.4) is 0 Å². The third-order valence-electron chi connectivity index (χ3n) is 7.50. The Bertz CT molecular complexity index is 1780. The van der Waals surface area contributed by atoms with Crippen LogP contribution in [0.1, 0.15) is 32.4 Å². The first kappa shape index (κ1) is 35.3. The van der Waals surface area contributed by atoms with Crippen LogP contribution >= 0.6 is 11.3 Å². The minimum absolute atomic E-state index is 0.0106. The number of aliphatic carboxylic acids is 1. The molecule has 0 aliphatic carbocycles. The summed E-state index contributed by atoms with van der Waals surface area (Å²) in [6, 6.07) is 6.85. The molecule has 1 aliphatic heterocycles. The Labute approximate surface area is 274 Å². The number of aromatic nitrogens is 3. The minimum Gasteiger partial charge on any atom is -0.489 e. The van der Waals surface area contributed by atoms with Crippen LogP contribution in [0.2, 0.25) is 0 Å². The predicted octanol–water partition coefficient (Wildman–Crippen LogP) is 0.290. The number of benzene rings is 1. The molecule has 3 heterocycles. The zero-order valence-corrected chi connectivity index (χ0v) is 27.8. The number of ketones is 1. The van der Waals surface area contributed by atoms with Crippen LogP contribution in [-0.2, 0) is 47.2 Å². The maximum absolute atomic E-state index is 13.4. The first-order chi connectivity index (χ1) is 22.0. The largest absolute Gasteiger partial charge is 0.489 e. The van der Waals surface area contributed by atoms with E-state index in [-0.39, 0.29) is 16.5 Å². The summed E-state index contributed by atoms with van der Waals surface area (Å²) in [4.78, 5) is 47.4. The van der Waals surface area contributed by atoms with E-state index in [2.05, 4.69) is 10.1 Å². The molecule has 7 N–H and O–H groups in total. The van der Waals surface area contributed by atoms with Crippen LogP contribution < -0.4 is 26.6 Å². The van der Waals surface area contributed by atoms with Gasteiger partial charge in [-0.25, -0.2) is 9.78 Å². The minimum atomic E-state index is -3.99. The second-order valence-corrected chi connectivity index (χ2v) is 13.7. The number of ether oxygens (including phenoxy) is 1. The third-order valence-corrected chi connectivity index (χ3v) is 8.59. The lowest BCUT2D eigenvalue weighted by atomic mass is 9.74. The molecule has 4 rings (SSSR count). The van der Waals surface area contributed by atoms with E-state index in [1.165, 1.54) is 19.2 Å². The number of hydroxylamine groups is 2. The van der Waals surface area contributed by atoms with Crippen LogP contribution in [0, 0.1) is 5.92 Å². The second kappa shape index (κ2) is 14.0. The van der Waals surface area contributed by atoms with Crippen LogP contribution in [-0.4, -0.2) is 82.7 Å². The Morgan fingerprint density at radius 1 is 1.23 bits per heavy atom. The number of Topliss-reactive ketones (excluding diaryl/α,β-unsaturated/α-hetero) is 1. The van der Waals surface area contributed by atoms with E-state index in [0.29, 0.717) is 29.7 Å². The zero-order chi connectivity index (χ0) is 34.7. The summed E-state index contributed by atoms with van der Waals surface area (Å²) in [6.45, 7) is 3.84. The molecule has 1 saturated heterocycles. The summed E-state index contributed by atoms with van der Waals surface area (Å²) in [5.74, 6) is -2.93. The molecule has 17 nitrogen and oxygen atoms in total. The van der Waals surface area contributed by atoms with Gasteiger partial charge in [-0.05, 0) is 38.1 Å². The van der Waals surface area contributed by atoms with E-state index in [4.69, 9.17) is 31.1 Å². The standard InChI is InChI=1S/C28H36N8O9S2/c1-28(2)19(25(38)36(28)45-47(4,41)42)12-21(37)23(20-15-46-27(31)32-20)33-44-22(26(39)40)14-43-17-8-6-16(7-9-17)18-13-35(11-5-10-29)34(3)24(18)30/h6-9,13,15,19,22,30H,5,10-12,14,29H2,1-4H3,(H3,31,32,39,40)/p+1/b33-23-/t19?,22-/m0/s1. The SMILES string of the molecule is Cn1c(N)c(-c2ccc(OC[C@H](O/N=C(\C(=O)CC3C(=O)N(OS(C)(=O)=O)C3(C)C)c3csc(N)n3)C(=O)O)cc2)c[n+]1CCCN. The van der Waals surface area contributed by atoms with Crippen molar-refractivity contribution in [1.29, 1.82) is 0 Å². The van der Waals surface area contributed by atoms with E-state index >= 15 is 0 Å². The highest BCUT2D eigenvalue weighted by molar-refractivity contribution is 7.85. The van der Waals surface area contributed by atoms with Gasteiger partial charge in [0.2, 0.25) is 6.20 Å². The lowest BCUT2D eigenvalue weighted by Gasteiger charge is -2.51. The number of aryl methyl sites for hydroxylation is 1. The Morgan fingerprint density at radius 2 is 1.91 bits per heavy atom. The number of carboxylic acids is 1. The molecule has 0 spiro atoms. The number of carbonyl (C=O) groups is 3. The molecule has 0 bridgehead atoms. The normalized spacial score (nSPS) is 16.9. The van der Waals surface area contributed by atoms with Gasteiger partial charge < -0.3 is 31.9 Å². The van der Waals surface area contributed by atoms with Gasteiger partial charge in [0.25, 0.3) is 22.1 Å². The monoisotopic (exact) mass is 693 g/mol. The Hall–Kier alpha value is -4.59. The fourth-order valence-corrected chi connectivity index (χ4v) is 5.88. The number of nitrogens with two attached hydrogens (primary N) is 3. The third kappa shape index (κ3) is 8.05. The van der Waals surface area contributed by atoms with Crippen molar-refractivity contribution < 1.29 is 46.4 Å². The van der Waals surface area contributed by atoms with Crippen molar-refractivity contribution in [2.75, 3.05) is 30.9 Å². The van der Waals surface area contributed by atoms with Gasteiger partial charge in [-0.3, -0.25) is 9.59 Å². The molecule has 2 aromatic heterocycles. The molecule has 1 aromatic carbocycles. The molecule has 1 fully saturated rings. The smallest absolute Gasteiger partial charge is 0.351 e. The maximum atomic E-state index is 13.4. The number of thiazole rings is 1. The van der Waals surface area contributed by atoms with Crippen molar-refractivity contribution >= 4 is 55.8 Å². The molecular weight excluding hydrogens is 656 g/mol. The fraction of sp³-hybridized carbons (Fsp3) is 0.429. The molecule has 1 amide bonds. The van der Waals surface area contributed by atoms with Gasteiger partial charge in [0, 0.05) is 18.2 Å². The summed E-state index contributed by atoms with van der Waals surface area (Å²) in [7, 11) is -2.14. The van der Waals surface area contributed by atoms with Crippen molar-refractivity contribution in [3.05, 3.63) is 41.5 Å². The fourth-order valence-electron chi connectivity index (χ4n) is 4.80. The average molecular weight is 694 g/mol. The topological polar surface area (TPSA) is 249 Å². The number of amides is 1. The Morgan fingerprint density at radius 3 is 2.47 bits per heavy atom. The number of hydrogen-bond donors (Lipinski definition) is 4. The molecule has 19 heteroatoms. The van der Waals surface area contributed by atoms with Gasteiger partial charge in [0.05, 0.1) is 30.3 Å². The number of carboxylic acid groups (broad SMARTS) is 1. The molecule has 47 heavy (non-hydrogen) atoms. The van der Waals surface area contributed by atoms with Gasteiger partial charge in [-0.2, -0.15) is 13.5 Å². The van der Waals surface area contributed by atoms with Gasteiger partial charge >= 0.3 is 5.97 Å². The molecule has 254 valence electrons. The van der Waals surface area contributed by atoms with E-state index in [1.54, 1.807) is 24.3 Å². The lowest BCUT2D eigenvalue weighted by molar-refractivity contribution is -0.772. The van der Waals surface area contributed by atoms with E-state index in [1.807, 2.05) is 22.6 Å². The van der Waals surface area contributed by atoms with Crippen molar-refractivity contribution in [1.82, 2.24) is 14.7 Å². The van der Waals surface area contributed by atoms with E-state index < -0.39 is 58.4 Å².